The van der Waals surface area contributed by atoms with E-state index in [1.54, 1.807) is 0 Å². The lowest BCUT2D eigenvalue weighted by Crippen LogP contribution is -1.96. The Morgan fingerprint density at radius 3 is 2.67 bits per heavy atom. The molecule has 0 fully saturated rings. The minimum absolute atomic E-state index is 0.241. The summed E-state index contributed by atoms with van der Waals surface area (Å²) in [5, 5.41) is 0.788. The molecular weight excluding hydrogens is 195 g/mol. The van der Waals surface area contributed by atoms with E-state index in [0.717, 1.165) is 17.0 Å². The highest BCUT2D eigenvalue weighted by molar-refractivity contribution is 6.31. The summed E-state index contributed by atoms with van der Waals surface area (Å²) >= 11 is 11.3. The molecule has 1 aromatic carbocycles. The van der Waals surface area contributed by atoms with Gasteiger partial charge in [0.15, 0.2) is 0 Å². The zero-order valence-electron chi connectivity index (χ0n) is 6.59. The number of hydrogen-bond acceptors (Lipinski definition) is 1. The normalized spacial score (nSPS) is 10.2. The predicted molar refractivity (Wildman–Crippen MR) is 51.8 cm³/mol. The number of halogens is 2. The Labute approximate surface area is 82.2 Å². The highest BCUT2D eigenvalue weighted by atomic mass is 35.5. The molecule has 0 aromatic heterocycles. The van der Waals surface area contributed by atoms with Gasteiger partial charge >= 0.3 is 0 Å². The van der Waals surface area contributed by atoms with Crippen LogP contribution in [0.15, 0.2) is 24.3 Å². The van der Waals surface area contributed by atoms with E-state index >= 15 is 0 Å². The van der Waals surface area contributed by atoms with Crippen LogP contribution in [-0.2, 0) is 11.2 Å². The van der Waals surface area contributed by atoms with Crippen molar-refractivity contribution in [2.24, 2.45) is 0 Å². The van der Waals surface area contributed by atoms with Crippen molar-refractivity contribution in [1.29, 1.82) is 0 Å². The third-order valence-corrected chi connectivity index (χ3v) is 2.07. The molecule has 0 N–H and O–H groups in total. The van der Waals surface area contributed by atoms with Crippen LogP contribution < -0.4 is 0 Å². The molecule has 0 aliphatic rings. The number of hydrogen-bond donors (Lipinski definition) is 0. The van der Waals surface area contributed by atoms with E-state index < -0.39 is 0 Å². The van der Waals surface area contributed by atoms with Gasteiger partial charge in [-0.2, -0.15) is 0 Å². The topological polar surface area (TPSA) is 9.23 Å². The number of benzene rings is 1. The van der Waals surface area contributed by atoms with E-state index in [0.29, 0.717) is 6.61 Å². The van der Waals surface area contributed by atoms with Crippen LogP contribution >= 0.6 is 23.2 Å². The second-order valence-corrected chi connectivity index (χ2v) is 2.98. The van der Waals surface area contributed by atoms with Crippen molar-refractivity contribution in [2.75, 3.05) is 12.7 Å². The number of rotatable bonds is 4. The monoisotopic (exact) mass is 204 g/mol. The third kappa shape index (κ3) is 3.02. The molecule has 0 bridgehead atoms. The number of alkyl halides is 1. The Balaban J connectivity index is 2.46. The fourth-order valence-electron chi connectivity index (χ4n) is 0.938. The molecular formula is C9H10Cl2O. The van der Waals surface area contributed by atoms with Gasteiger partial charge in [-0.25, -0.2) is 0 Å². The first kappa shape index (κ1) is 9.85. The van der Waals surface area contributed by atoms with Crippen molar-refractivity contribution in [3.8, 4) is 0 Å². The molecule has 1 nitrogen and oxygen atoms in total. The molecule has 0 amide bonds. The Morgan fingerprint density at radius 2 is 2.00 bits per heavy atom. The van der Waals surface area contributed by atoms with Crippen LogP contribution in [0.3, 0.4) is 0 Å². The predicted octanol–water partition coefficient (Wildman–Crippen LogP) is 3.10. The summed E-state index contributed by atoms with van der Waals surface area (Å²) in [4.78, 5) is 0. The quantitative estimate of drug-likeness (QED) is 0.542. The average molecular weight is 205 g/mol. The number of ether oxygens (including phenoxy) is 1. The van der Waals surface area contributed by atoms with Crippen LogP contribution in [0.1, 0.15) is 5.56 Å². The summed E-state index contributed by atoms with van der Waals surface area (Å²) in [6.45, 7) is 0.618. The summed E-state index contributed by atoms with van der Waals surface area (Å²) in [6.07, 6.45) is 0.812. The summed E-state index contributed by atoms with van der Waals surface area (Å²) < 4.78 is 5.00. The Bertz CT molecular complexity index is 238. The van der Waals surface area contributed by atoms with Crippen LogP contribution in [-0.4, -0.2) is 12.7 Å². The molecule has 0 unspecified atom stereocenters. The molecule has 0 aliphatic carbocycles. The molecule has 0 radical (unpaired) electrons. The second-order valence-electron chi connectivity index (χ2n) is 2.36. The Kier molecular flexibility index (Phi) is 4.44. The molecule has 1 aromatic rings. The van der Waals surface area contributed by atoms with Crippen LogP contribution in [0, 0.1) is 0 Å². The fraction of sp³-hybridized carbons (Fsp3) is 0.333. The maximum Gasteiger partial charge on any atom is 0.120 e. The first-order valence-corrected chi connectivity index (χ1v) is 4.63. The molecule has 0 spiro atoms. The van der Waals surface area contributed by atoms with Crippen LogP contribution in [0.4, 0.5) is 0 Å². The molecule has 66 valence electrons. The van der Waals surface area contributed by atoms with Crippen LogP contribution in [0.2, 0.25) is 5.02 Å². The second kappa shape index (κ2) is 5.41. The maximum atomic E-state index is 5.91. The van der Waals surface area contributed by atoms with Gasteiger partial charge < -0.3 is 4.74 Å². The van der Waals surface area contributed by atoms with E-state index in [4.69, 9.17) is 27.9 Å². The van der Waals surface area contributed by atoms with Crippen molar-refractivity contribution in [2.45, 2.75) is 6.42 Å². The molecule has 12 heavy (non-hydrogen) atoms. The summed E-state index contributed by atoms with van der Waals surface area (Å²) in [5.74, 6) is 0. The molecule has 0 heterocycles. The van der Waals surface area contributed by atoms with Gasteiger partial charge in [-0.05, 0) is 18.1 Å². The van der Waals surface area contributed by atoms with Gasteiger partial charge in [0, 0.05) is 5.02 Å². The van der Waals surface area contributed by atoms with Gasteiger partial charge in [0.25, 0.3) is 0 Å². The van der Waals surface area contributed by atoms with Gasteiger partial charge in [-0.1, -0.05) is 41.4 Å². The van der Waals surface area contributed by atoms with Gasteiger partial charge in [-0.3, -0.25) is 0 Å². The molecule has 1 rings (SSSR count). The molecule has 0 saturated heterocycles. The van der Waals surface area contributed by atoms with E-state index in [-0.39, 0.29) is 6.07 Å². The average Bonchev–Trinajstić information content (AvgIpc) is 2.09. The Morgan fingerprint density at radius 1 is 1.25 bits per heavy atom. The van der Waals surface area contributed by atoms with Crippen LogP contribution in [0.5, 0.6) is 0 Å². The largest absolute Gasteiger partial charge is 0.365 e. The first-order chi connectivity index (χ1) is 5.84. The molecule has 0 saturated carbocycles. The van der Waals surface area contributed by atoms with E-state index in [9.17, 15) is 0 Å². The van der Waals surface area contributed by atoms with E-state index in [1.807, 2.05) is 24.3 Å². The van der Waals surface area contributed by atoms with Crippen molar-refractivity contribution in [3.05, 3.63) is 34.9 Å². The highest BCUT2D eigenvalue weighted by Gasteiger charge is 1.97. The van der Waals surface area contributed by atoms with Crippen LogP contribution in [0.25, 0.3) is 0 Å². The van der Waals surface area contributed by atoms with Crippen molar-refractivity contribution in [1.82, 2.24) is 0 Å². The first-order valence-electron chi connectivity index (χ1n) is 3.71. The van der Waals surface area contributed by atoms with Gasteiger partial charge in [0.1, 0.15) is 6.07 Å². The zero-order chi connectivity index (χ0) is 8.81. The van der Waals surface area contributed by atoms with Gasteiger partial charge in [0.2, 0.25) is 0 Å². The fourth-order valence-corrected chi connectivity index (χ4v) is 1.28. The lowest BCUT2D eigenvalue weighted by Gasteiger charge is -2.02. The van der Waals surface area contributed by atoms with Gasteiger partial charge in [0.05, 0.1) is 6.61 Å². The molecule has 0 aliphatic heterocycles. The minimum Gasteiger partial charge on any atom is -0.365 e. The molecule has 3 heteroatoms. The lowest BCUT2D eigenvalue weighted by atomic mass is 10.2. The maximum absolute atomic E-state index is 5.91. The molecule has 0 atom stereocenters. The smallest absolute Gasteiger partial charge is 0.120 e. The zero-order valence-corrected chi connectivity index (χ0v) is 8.11. The summed E-state index contributed by atoms with van der Waals surface area (Å²) in [5.41, 5.74) is 1.10. The van der Waals surface area contributed by atoms with Gasteiger partial charge in [-0.15, -0.1) is 0 Å². The lowest BCUT2D eigenvalue weighted by molar-refractivity contribution is 0.183. The minimum atomic E-state index is 0.241. The Hall–Kier alpha value is -0.240. The summed E-state index contributed by atoms with van der Waals surface area (Å²) in [6, 6.07) is 7.97. The third-order valence-electron chi connectivity index (χ3n) is 1.55. The summed E-state index contributed by atoms with van der Waals surface area (Å²) in [7, 11) is 0. The van der Waals surface area contributed by atoms with Crippen molar-refractivity contribution >= 4 is 23.2 Å². The highest BCUT2D eigenvalue weighted by Crippen LogP contribution is 2.15. The van der Waals surface area contributed by atoms with Crippen molar-refractivity contribution in [3.63, 3.8) is 0 Å². The van der Waals surface area contributed by atoms with E-state index in [1.165, 1.54) is 0 Å². The SMILES string of the molecule is ClCOCCc1ccccc1Cl. The standard InChI is InChI=1S/C9H10Cl2O/c10-7-12-6-5-8-3-1-2-4-9(8)11/h1-4H,5-7H2. The van der Waals surface area contributed by atoms with Crippen molar-refractivity contribution < 1.29 is 4.74 Å². The van der Waals surface area contributed by atoms with E-state index in [2.05, 4.69) is 0 Å².